The highest BCUT2D eigenvalue weighted by molar-refractivity contribution is 5.76. The molecule has 0 aliphatic carbocycles. The molecule has 1 rings (SSSR count). The summed E-state index contributed by atoms with van der Waals surface area (Å²) >= 11 is 0. The van der Waals surface area contributed by atoms with E-state index in [9.17, 15) is 0 Å². The molecule has 0 aromatic rings. The zero-order chi connectivity index (χ0) is 10.4. The zero-order valence-electron chi connectivity index (χ0n) is 9.68. The van der Waals surface area contributed by atoms with Gasteiger partial charge in [0, 0.05) is 13.1 Å². The number of rotatable bonds is 2. The van der Waals surface area contributed by atoms with E-state index in [1.807, 2.05) is 6.92 Å². The lowest BCUT2D eigenvalue weighted by Gasteiger charge is -2.28. The lowest BCUT2D eigenvalue weighted by atomic mass is 9.91. The molecular weight excluding hydrogens is 172 g/mol. The molecule has 1 N–H and O–H groups in total. The molecule has 2 nitrogen and oxygen atoms in total. The predicted octanol–water partition coefficient (Wildman–Crippen LogP) is 3.28. The molecule has 0 spiro atoms. The quantitative estimate of drug-likeness (QED) is 0.532. The minimum absolute atomic E-state index is 0.749. The number of likely N-dealkylation sites (tertiary alicyclic amines) is 1. The average molecular weight is 196 g/mol. The molecular formula is C12H24N2. The highest BCUT2D eigenvalue weighted by atomic mass is 15.2. The van der Waals surface area contributed by atoms with Gasteiger partial charge in [-0.25, -0.2) is 0 Å². The normalized spacial score (nSPS) is 20.3. The first-order chi connectivity index (χ1) is 6.74. The SMILES string of the molecule is CCCC1CCCN(C(C)=N)CCC1. The summed E-state index contributed by atoms with van der Waals surface area (Å²) in [6.45, 7) is 6.41. The molecule has 1 aliphatic heterocycles. The molecule has 0 unspecified atom stereocenters. The van der Waals surface area contributed by atoms with Gasteiger partial charge in [-0.2, -0.15) is 0 Å². The molecule has 0 radical (unpaired) electrons. The Bertz CT molecular complexity index is 167. The minimum Gasteiger partial charge on any atom is -0.361 e. The third-order valence-electron chi connectivity index (χ3n) is 3.25. The van der Waals surface area contributed by atoms with E-state index in [0.717, 1.165) is 24.8 Å². The van der Waals surface area contributed by atoms with Crippen molar-refractivity contribution in [3.63, 3.8) is 0 Å². The summed E-state index contributed by atoms with van der Waals surface area (Å²) in [6.07, 6.45) is 8.04. The van der Waals surface area contributed by atoms with Crippen molar-refractivity contribution in [1.29, 1.82) is 5.41 Å². The van der Waals surface area contributed by atoms with Gasteiger partial charge in [0.2, 0.25) is 0 Å². The topological polar surface area (TPSA) is 27.1 Å². The van der Waals surface area contributed by atoms with Crippen LogP contribution in [0.15, 0.2) is 0 Å². The van der Waals surface area contributed by atoms with Gasteiger partial charge in [0.05, 0.1) is 5.84 Å². The first-order valence-corrected chi connectivity index (χ1v) is 6.04. The molecule has 0 saturated carbocycles. The summed E-state index contributed by atoms with van der Waals surface area (Å²) < 4.78 is 0. The molecule has 0 aromatic carbocycles. The van der Waals surface area contributed by atoms with Crippen LogP contribution in [0.25, 0.3) is 0 Å². The van der Waals surface area contributed by atoms with Crippen LogP contribution in [-0.2, 0) is 0 Å². The Kier molecular flexibility index (Phi) is 4.99. The van der Waals surface area contributed by atoms with Crippen molar-refractivity contribution in [2.24, 2.45) is 5.92 Å². The van der Waals surface area contributed by atoms with Crippen molar-refractivity contribution in [2.75, 3.05) is 13.1 Å². The second-order valence-corrected chi connectivity index (χ2v) is 4.51. The van der Waals surface area contributed by atoms with Gasteiger partial charge < -0.3 is 4.90 Å². The van der Waals surface area contributed by atoms with E-state index in [4.69, 9.17) is 5.41 Å². The smallest absolute Gasteiger partial charge is 0.0925 e. The summed E-state index contributed by atoms with van der Waals surface area (Å²) in [7, 11) is 0. The largest absolute Gasteiger partial charge is 0.361 e. The Morgan fingerprint density at radius 1 is 1.29 bits per heavy atom. The summed E-state index contributed by atoms with van der Waals surface area (Å²) in [6, 6.07) is 0. The summed E-state index contributed by atoms with van der Waals surface area (Å²) in [5.74, 6) is 1.71. The van der Waals surface area contributed by atoms with E-state index in [1.54, 1.807) is 0 Å². The number of amidine groups is 1. The molecule has 2 heteroatoms. The van der Waals surface area contributed by atoms with E-state index in [2.05, 4.69) is 11.8 Å². The second kappa shape index (κ2) is 6.05. The van der Waals surface area contributed by atoms with Crippen LogP contribution in [0.2, 0.25) is 0 Å². The number of nitrogens with one attached hydrogen (secondary N) is 1. The molecule has 1 saturated heterocycles. The highest BCUT2D eigenvalue weighted by Crippen LogP contribution is 2.22. The third kappa shape index (κ3) is 3.69. The van der Waals surface area contributed by atoms with Crippen LogP contribution in [0, 0.1) is 11.3 Å². The van der Waals surface area contributed by atoms with E-state index < -0.39 is 0 Å². The first kappa shape index (κ1) is 11.5. The van der Waals surface area contributed by atoms with E-state index in [-0.39, 0.29) is 0 Å². The van der Waals surface area contributed by atoms with Crippen LogP contribution in [0.1, 0.15) is 52.4 Å². The number of hydrogen-bond donors (Lipinski definition) is 1. The Morgan fingerprint density at radius 2 is 1.86 bits per heavy atom. The van der Waals surface area contributed by atoms with Crippen LogP contribution in [0.3, 0.4) is 0 Å². The molecule has 0 atom stereocenters. The molecule has 0 amide bonds. The third-order valence-corrected chi connectivity index (χ3v) is 3.25. The monoisotopic (exact) mass is 196 g/mol. The Labute approximate surface area is 88.2 Å². The molecule has 0 aromatic heterocycles. The van der Waals surface area contributed by atoms with Gasteiger partial charge in [0.15, 0.2) is 0 Å². The van der Waals surface area contributed by atoms with Crippen LogP contribution >= 0.6 is 0 Å². The van der Waals surface area contributed by atoms with Gasteiger partial charge in [-0.05, 0) is 38.5 Å². The molecule has 1 heterocycles. The fourth-order valence-corrected chi connectivity index (χ4v) is 2.43. The minimum atomic E-state index is 0.749. The van der Waals surface area contributed by atoms with Crippen molar-refractivity contribution >= 4 is 5.84 Å². The van der Waals surface area contributed by atoms with Gasteiger partial charge in [-0.15, -0.1) is 0 Å². The Balaban J connectivity index is 2.31. The molecule has 1 fully saturated rings. The maximum absolute atomic E-state index is 7.61. The van der Waals surface area contributed by atoms with Crippen molar-refractivity contribution in [2.45, 2.75) is 52.4 Å². The molecule has 82 valence electrons. The van der Waals surface area contributed by atoms with Crippen molar-refractivity contribution < 1.29 is 0 Å². The molecule has 0 bridgehead atoms. The van der Waals surface area contributed by atoms with Gasteiger partial charge >= 0.3 is 0 Å². The standard InChI is InChI=1S/C12H24N2/c1-3-6-12-7-4-9-14(11(2)13)10-5-8-12/h12-13H,3-10H2,1-2H3. The number of hydrogen-bond acceptors (Lipinski definition) is 1. The Morgan fingerprint density at radius 3 is 2.29 bits per heavy atom. The van der Waals surface area contributed by atoms with E-state index in [1.165, 1.54) is 38.5 Å². The van der Waals surface area contributed by atoms with Crippen molar-refractivity contribution in [3.05, 3.63) is 0 Å². The summed E-state index contributed by atoms with van der Waals surface area (Å²) in [5, 5.41) is 7.61. The molecule has 14 heavy (non-hydrogen) atoms. The maximum Gasteiger partial charge on any atom is 0.0925 e. The average Bonchev–Trinajstić information content (AvgIpc) is 2.08. The zero-order valence-corrected chi connectivity index (χ0v) is 9.68. The predicted molar refractivity (Wildman–Crippen MR) is 61.8 cm³/mol. The van der Waals surface area contributed by atoms with Crippen molar-refractivity contribution in [3.8, 4) is 0 Å². The summed E-state index contributed by atoms with van der Waals surface area (Å²) in [5.41, 5.74) is 0. The van der Waals surface area contributed by atoms with Gasteiger partial charge in [-0.3, -0.25) is 5.41 Å². The lowest BCUT2D eigenvalue weighted by Crippen LogP contribution is -2.32. The Hall–Kier alpha value is -0.530. The molecule has 1 aliphatic rings. The summed E-state index contributed by atoms with van der Waals surface area (Å²) in [4.78, 5) is 2.22. The highest BCUT2D eigenvalue weighted by Gasteiger charge is 2.14. The fourth-order valence-electron chi connectivity index (χ4n) is 2.43. The number of nitrogens with zero attached hydrogens (tertiary/aromatic N) is 1. The van der Waals surface area contributed by atoms with E-state index >= 15 is 0 Å². The first-order valence-electron chi connectivity index (χ1n) is 6.04. The van der Waals surface area contributed by atoms with Gasteiger partial charge in [0.25, 0.3) is 0 Å². The second-order valence-electron chi connectivity index (χ2n) is 4.51. The maximum atomic E-state index is 7.61. The lowest BCUT2D eigenvalue weighted by molar-refractivity contribution is 0.295. The van der Waals surface area contributed by atoms with Crippen LogP contribution < -0.4 is 0 Å². The van der Waals surface area contributed by atoms with E-state index in [0.29, 0.717) is 0 Å². The van der Waals surface area contributed by atoms with Crippen LogP contribution in [0.4, 0.5) is 0 Å². The van der Waals surface area contributed by atoms with Gasteiger partial charge in [-0.1, -0.05) is 19.8 Å². The van der Waals surface area contributed by atoms with Crippen LogP contribution in [0.5, 0.6) is 0 Å². The van der Waals surface area contributed by atoms with Crippen molar-refractivity contribution in [1.82, 2.24) is 4.90 Å². The van der Waals surface area contributed by atoms with Gasteiger partial charge in [0.1, 0.15) is 0 Å². The van der Waals surface area contributed by atoms with Crippen LogP contribution in [-0.4, -0.2) is 23.8 Å². The fraction of sp³-hybridized carbons (Fsp3) is 0.917.